The molecule has 0 radical (unpaired) electrons. The molecule has 0 bridgehead atoms. The summed E-state index contributed by atoms with van der Waals surface area (Å²) in [4.78, 5) is 2.17. The lowest BCUT2D eigenvalue weighted by Gasteiger charge is -2.27. The SMILES string of the molecule is CN(C)CCCNC1CCOc2ccc(F)cc21. The summed E-state index contributed by atoms with van der Waals surface area (Å²) >= 11 is 0. The number of nitrogens with one attached hydrogen (secondary N) is 1. The Bertz CT molecular complexity index is 395. The van der Waals surface area contributed by atoms with E-state index < -0.39 is 0 Å². The van der Waals surface area contributed by atoms with Gasteiger partial charge in [-0.2, -0.15) is 0 Å². The number of ether oxygens (including phenoxy) is 1. The van der Waals surface area contributed by atoms with Crippen LogP contribution in [0.15, 0.2) is 18.2 Å². The van der Waals surface area contributed by atoms with Gasteiger partial charge in [-0.15, -0.1) is 0 Å². The van der Waals surface area contributed by atoms with Gasteiger partial charge in [-0.3, -0.25) is 0 Å². The Hall–Kier alpha value is -1.13. The highest BCUT2D eigenvalue weighted by molar-refractivity contribution is 5.37. The molecule has 4 heteroatoms. The smallest absolute Gasteiger partial charge is 0.124 e. The first-order valence-electron chi connectivity index (χ1n) is 6.47. The zero-order valence-corrected chi connectivity index (χ0v) is 11.1. The third-order valence-electron chi connectivity index (χ3n) is 3.18. The van der Waals surface area contributed by atoms with E-state index in [-0.39, 0.29) is 11.9 Å². The Balaban J connectivity index is 1.93. The number of rotatable bonds is 5. The maximum Gasteiger partial charge on any atom is 0.124 e. The number of fused-ring (bicyclic) bond motifs is 1. The maximum absolute atomic E-state index is 13.3. The van der Waals surface area contributed by atoms with Gasteiger partial charge in [0.25, 0.3) is 0 Å². The van der Waals surface area contributed by atoms with E-state index in [1.165, 1.54) is 6.07 Å². The van der Waals surface area contributed by atoms with Crippen molar-refractivity contribution in [2.75, 3.05) is 33.8 Å². The lowest BCUT2D eigenvalue weighted by atomic mass is 10.0. The van der Waals surface area contributed by atoms with Crippen LogP contribution in [-0.2, 0) is 0 Å². The van der Waals surface area contributed by atoms with Crippen LogP contribution in [0.2, 0.25) is 0 Å². The minimum Gasteiger partial charge on any atom is -0.493 e. The zero-order chi connectivity index (χ0) is 13.0. The highest BCUT2D eigenvalue weighted by atomic mass is 19.1. The van der Waals surface area contributed by atoms with Gasteiger partial charge in [-0.05, 0) is 51.8 Å². The molecule has 1 unspecified atom stereocenters. The number of nitrogens with zero attached hydrogens (tertiary/aromatic N) is 1. The van der Waals surface area contributed by atoms with Crippen molar-refractivity contribution in [1.29, 1.82) is 0 Å². The van der Waals surface area contributed by atoms with E-state index in [1.54, 1.807) is 12.1 Å². The molecular weight excluding hydrogens is 231 g/mol. The highest BCUT2D eigenvalue weighted by Crippen LogP contribution is 2.32. The third-order valence-corrected chi connectivity index (χ3v) is 3.18. The Morgan fingerprint density at radius 2 is 2.28 bits per heavy atom. The van der Waals surface area contributed by atoms with E-state index in [9.17, 15) is 4.39 Å². The molecule has 0 aromatic heterocycles. The van der Waals surface area contributed by atoms with Crippen molar-refractivity contribution in [2.24, 2.45) is 0 Å². The van der Waals surface area contributed by atoms with Crippen molar-refractivity contribution in [2.45, 2.75) is 18.9 Å². The molecule has 1 aliphatic rings. The van der Waals surface area contributed by atoms with Crippen LogP contribution >= 0.6 is 0 Å². The first-order valence-corrected chi connectivity index (χ1v) is 6.47. The zero-order valence-electron chi connectivity index (χ0n) is 11.1. The van der Waals surface area contributed by atoms with Gasteiger partial charge in [-0.1, -0.05) is 0 Å². The fourth-order valence-electron chi connectivity index (χ4n) is 2.25. The van der Waals surface area contributed by atoms with E-state index in [2.05, 4.69) is 24.3 Å². The van der Waals surface area contributed by atoms with Crippen molar-refractivity contribution in [3.8, 4) is 5.75 Å². The van der Waals surface area contributed by atoms with Gasteiger partial charge in [0.05, 0.1) is 6.61 Å². The fourth-order valence-corrected chi connectivity index (χ4v) is 2.25. The number of benzene rings is 1. The van der Waals surface area contributed by atoms with E-state index in [0.29, 0.717) is 6.61 Å². The van der Waals surface area contributed by atoms with Crippen LogP contribution in [-0.4, -0.2) is 38.7 Å². The summed E-state index contributed by atoms with van der Waals surface area (Å²) in [6.07, 6.45) is 1.99. The van der Waals surface area contributed by atoms with Crippen LogP contribution in [0.3, 0.4) is 0 Å². The van der Waals surface area contributed by atoms with Crippen molar-refractivity contribution in [3.63, 3.8) is 0 Å². The first-order chi connectivity index (χ1) is 8.66. The molecule has 100 valence electrons. The Labute approximate surface area is 108 Å². The molecule has 2 rings (SSSR count). The minimum atomic E-state index is -0.195. The molecule has 0 saturated heterocycles. The fraction of sp³-hybridized carbons (Fsp3) is 0.571. The minimum absolute atomic E-state index is 0.195. The van der Waals surface area contributed by atoms with E-state index in [4.69, 9.17) is 4.74 Å². The highest BCUT2D eigenvalue weighted by Gasteiger charge is 2.21. The topological polar surface area (TPSA) is 24.5 Å². The van der Waals surface area contributed by atoms with Gasteiger partial charge >= 0.3 is 0 Å². The summed E-state index contributed by atoms with van der Waals surface area (Å²) in [6, 6.07) is 4.97. The van der Waals surface area contributed by atoms with Crippen LogP contribution in [0.4, 0.5) is 4.39 Å². The average Bonchev–Trinajstić information content (AvgIpc) is 2.34. The summed E-state index contributed by atoms with van der Waals surface area (Å²) < 4.78 is 18.8. The van der Waals surface area contributed by atoms with Crippen LogP contribution in [0.1, 0.15) is 24.4 Å². The van der Waals surface area contributed by atoms with Crippen molar-refractivity contribution < 1.29 is 9.13 Å². The summed E-state index contributed by atoms with van der Waals surface area (Å²) in [5.74, 6) is 0.618. The molecule has 3 nitrogen and oxygen atoms in total. The molecule has 1 N–H and O–H groups in total. The van der Waals surface area contributed by atoms with Gasteiger partial charge in [0.15, 0.2) is 0 Å². The Morgan fingerprint density at radius 3 is 3.06 bits per heavy atom. The standard InChI is InChI=1S/C14H21FN2O/c1-17(2)8-3-7-16-13-6-9-18-14-5-4-11(15)10-12(13)14/h4-5,10,13,16H,3,6-9H2,1-2H3. The van der Waals surface area contributed by atoms with Crippen LogP contribution in [0.5, 0.6) is 5.75 Å². The summed E-state index contributed by atoms with van der Waals surface area (Å²) in [7, 11) is 4.14. The van der Waals surface area contributed by atoms with E-state index in [0.717, 1.165) is 37.2 Å². The molecule has 1 aromatic carbocycles. The van der Waals surface area contributed by atoms with Crippen LogP contribution in [0.25, 0.3) is 0 Å². The molecular formula is C14H21FN2O. The van der Waals surface area contributed by atoms with Gasteiger partial charge in [-0.25, -0.2) is 4.39 Å². The normalized spacial score (nSPS) is 18.6. The molecule has 0 aliphatic carbocycles. The number of hydrogen-bond acceptors (Lipinski definition) is 3. The first kappa shape index (κ1) is 13.3. The molecule has 18 heavy (non-hydrogen) atoms. The predicted octanol–water partition coefficient (Wildman–Crippen LogP) is 2.19. The molecule has 0 fully saturated rings. The quantitative estimate of drug-likeness (QED) is 0.813. The van der Waals surface area contributed by atoms with Crippen molar-refractivity contribution in [1.82, 2.24) is 10.2 Å². The van der Waals surface area contributed by atoms with Gasteiger partial charge < -0.3 is 15.0 Å². The molecule has 0 spiro atoms. The Kier molecular flexibility index (Phi) is 4.55. The summed E-state index contributed by atoms with van der Waals surface area (Å²) in [5, 5.41) is 3.49. The maximum atomic E-state index is 13.3. The number of hydrogen-bond donors (Lipinski definition) is 1. The molecule has 1 aromatic rings. The summed E-state index contributed by atoms with van der Waals surface area (Å²) in [5.41, 5.74) is 0.950. The van der Waals surface area contributed by atoms with Crippen molar-refractivity contribution in [3.05, 3.63) is 29.6 Å². The lowest BCUT2D eigenvalue weighted by Crippen LogP contribution is -2.29. The van der Waals surface area contributed by atoms with Gasteiger partial charge in [0.1, 0.15) is 11.6 Å². The molecule has 1 atom stereocenters. The second-order valence-electron chi connectivity index (χ2n) is 4.98. The predicted molar refractivity (Wildman–Crippen MR) is 70.4 cm³/mol. The van der Waals surface area contributed by atoms with E-state index in [1.807, 2.05) is 0 Å². The number of halogens is 1. The second-order valence-corrected chi connectivity index (χ2v) is 4.98. The lowest BCUT2D eigenvalue weighted by molar-refractivity contribution is 0.250. The third kappa shape index (κ3) is 3.43. The molecule has 0 saturated carbocycles. The Morgan fingerprint density at radius 1 is 1.44 bits per heavy atom. The second kappa shape index (κ2) is 6.16. The molecule has 0 amide bonds. The largest absolute Gasteiger partial charge is 0.493 e. The summed E-state index contributed by atoms with van der Waals surface area (Å²) in [6.45, 7) is 2.70. The van der Waals surface area contributed by atoms with Crippen LogP contribution < -0.4 is 10.1 Å². The van der Waals surface area contributed by atoms with Crippen molar-refractivity contribution >= 4 is 0 Å². The average molecular weight is 252 g/mol. The monoisotopic (exact) mass is 252 g/mol. The molecule has 1 heterocycles. The van der Waals surface area contributed by atoms with Gasteiger partial charge in [0.2, 0.25) is 0 Å². The van der Waals surface area contributed by atoms with Gasteiger partial charge in [0, 0.05) is 18.0 Å². The van der Waals surface area contributed by atoms with E-state index >= 15 is 0 Å². The molecule has 1 aliphatic heterocycles. The van der Waals surface area contributed by atoms with Crippen LogP contribution in [0, 0.1) is 5.82 Å².